The summed E-state index contributed by atoms with van der Waals surface area (Å²) < 4.78 is 2.95. The molecule has 0 spiro atoms. The Kier molecular flexibility index (Phi) is 5.72. The lowest BCUT2D eigenvalue weighted by molar-refractivity contribution is 0.544. The zero-order chi connectivity index (χ0) is 15.9. The molecule has 1 nitrogen and oxygen atoms in total. The second-order valence-electron chi connectivity index (χ2n) is 9.16. The smallest absolute Gasteiger partial charge is 0.121 e. The molecule has 0 bridgehead atoms. The van der Waals surface area contributed by atoms with E-state index in [1.165, 1.54) is 5.20 Å². The predicted molar refractivity (Wildman–Crippen MR) is 100 cm³/mol. The second kappa shape index (κ2) is 5.62. The Bertz CT molecular complexity index is 306. The van der Waals surface area contributed by atoms with Crippen LogP contribution in [0.5, 0.6) is 0 Å². The molecule has 0 aliphatic heterocycles. The number of nitrogens with zero attached hydrogens (tertiary/aromatic N) is 1. The van der Waals surface area contributed by atoms with E-state index in [1.54, 1.807) is 0 Å². The van der Waals surface area contributed by atoms with E-state index in [0.29, 0.717) is 10.1 Å². The largest absolute Gasteiger partial charge is 0.342 e. The van der Waals surface area contributed by atoms with E-state index in [9.17, 15) is 0 Å². The Morgan fingerprint density at radius 2 is 1.16 bits per heavy atom. The minimum atomic E-state index is -1.49. The van der Waals surface area contributed by atoms with E-state index in [0.717, 1.165) is 16.8 Å². The van der Waals surface area contributed by atoms with Crippen molar-refractivity contribution in [1.29, 1.82) is 0 Å². The third kappa shape index (κ3) is 4.16. The first kappa shape index (κ1) is 19.4. The van der Waals surface area contributed by atoms with Crippen LogP contribution < -0.4 is 0 Å². The molecule has 0 saturated carbocycles. The molecule has 0 unspecified atom stereocenters. The minimum absolute atomic E-state index is 0.402. The van der Waals surface area contributed by atoms with Crippen molar-refractivity contribution in [1.82, 2.24) is 4.23 Å². The number of hydrogen-bond donors (Lipinski definition) is 0. The molecular formula is C15H37NSi3. The highest BCUT2D eigenvalue weighted by Crippen LogP contribution is 2.46. The Morgan fingerprint density at radius 1 is 0.895 bits per heavy atom. The summed E-state index contributed by atoms with van der Waals surface area (Å²) in [7, 11) is -1.86. The van der Waals surface area contributed by atoms with Gasteiger partial charge < -0.3 is 4.23 Å². The van der Waals surface area contributed by atoms with Gasteiger partial charge in [0.1, 0.15) is 16.5 Å². The van der Waals surface area contributed by atoms with Gasteiger partial charge in [0.05, 0.1) is 0 Å². The van der Waals surface area contributed by atoms with Crippen LogP contribution in [0.25, 0.3) is 0 Å². The second-order valence-corrected chi connectivity index (χ2v) is 21.3. The maximum Gasteiger partial charge on any atom is 0.121 e. The van der Waals surface area contributed by atoms with Crippen molar-refractivity contribution >= 4 is 26.7 Å². The van der Waals surface area contributed by atoms with Crippen LogP contribution in [-0.2, 0) is 0 Å². The fraction of sp³-hybridized carbons (Fsp3) is 0.867. The minimum Gasteiger partial charge on any atom is -0.342 e. The maximum absolute atomic E-state index is 4.25. The zero-order valence-corrected chi connectivity index (χ0v) is 19.4. The Morgan fingerprint density at radius 3 is 1.32 bits per heavy atom. The Hall–Kier alpha value is 0.351. The average molecular weight is 316 g/mol. The molecule has 0 saturated heterocycles. The number of hydrogen-bond acceptors (Lipinski definition) is 1. The van der Waals surface area contributed by atoms with Gasteiger partial charge in [-0.15, -0.1) is 6.58 Å². The predicted octanol–water partition coefficient (Wildman–Crippen LogP) is 4.18. The van der Waals surface area contributed by atoms with E-state index in [4.69, 9.17) is 0 Å². The van der Waals surface area contributed by atoms with Crippen LogP contribution in [0.15, 0.2) is 11.8 Å². The Labute approximate surface area is 127 Å². The van der Waals surface area contributed by atoms with Gasteiger partial charge in [0.25, 0.3) is 0 Å². The topological polar surface area (TPSA) is 3.24 Å². The normalized spacial score (nSPS) is 15.1. The Balaban J connectivity index is 5.79. The lowest BCUT2D eigenvalue weighted by Crippen LogP contribution is -2.68. The van der Waals surface area contributed by atoms with E-state index in [2.05, 4.69) is 78.5 Å². The quantitative estimate of drug-likeness (QED) is 0.704. The summed E-state index contributed by atoms with van der Waals surface area (Å²) in [6.45, 7) is 30.2. The van der Waals surface area contributed by atoms with Crippen molar-refractivity contribution in [3.8, 4) is 0 Å². The molecule has 4 heteroatoms. The van der Waals surface area contributed by atoms with Crippen molar-refractivity contribution in [3.63, 3.8) is 0 Å². The third-order valence-corrected chi connectivity index (χ3v) is 19.5. The lowest BCUT2D eigenvalue weighted by Gasteiger charge is -2.57. The summed E-state index contributed by atoms with van der Waals surface area (Å²) in [5.41, 5.74) is 0. The highest BCUT2D eigenvalue weighted by Gasteiger charge is 2.51. The molecule has 0 aromatic carbocycles. The highest BCUT2D eigenvalue weighted by atomic mass is 28.4. The molecule has 0 aromatic rings. The van der Waals surface area contributed by atoms with E-state index in [-0.39, 0.29) is 0 Å². The molecule has 0 aliphatic carbocycles. The van der Waals surface area contributed by atoms with Gasteiger partial charge in [-0.1, -0.05) is 72.9 Å². The van der Waals surface area contributed by atoms with Crippen LogP contribution in [-0.4, -0.2) is 37.5 Å². The van der Waals surface area contributed by atoms with Crippen LogP contribution in [0.4, 0.5) is 0 Å². The molecule has 0 atom stereocenters. The SMILES string of the molecule is C=C([SiH3])CN([Si](C)(C)C(C)(C)C)[Si](C)(C)C(C)(C)C. The van der Waals surface area contributed by atoms with Gasteiger partial charge >= 0.3 is 0 Å². The van der Waals surface area contributed by atoms with Crippen LogP contribution in [0.1, 0.15) is 41.5 Å². The fourth-order valence-corrected chi connectivity index (χ4v) is 13.7. The van der Waals surface area contributed by atoms with Crippen LogP contribution in [0.2, 0.25) is 36.3 Å². The van der Waals surface area contributed by atoms with Crippen molar-refractivity contribution in [2.45, 2.75) is 77.8 Å². The molecule has 114 valence electrons. The first-order valence-corrected chi connectivity index (χ1v) is 14.4. The molecule has 0 aliphatic rings. The molecular weight excluding hydrogens is 278 g/mol. The van der Waals surface area contributed by atoms with Crippen molar-refractivity contribution in [3.05, 3.63) is 11.8 Å². The van der Waals surface area contributed by atoms with Gasteiger partial charge in [-0.2, -0.15) is 0 Å². The van der Waals surface area contributed by atoms with Gasteiger partial charge in [-0.3, -0.25) is 0 Å². The monoisotopic (exact) mass is 315 g/mol. The van der Waals surface area contributed by atoms with Gasteiger partial charge in [0.2, 0.25) is 0 Å². The summed E-state index contributed by atoms with van der Waals surface area (Å²) in [5.74, 6) is 0. The summed E-state index contributed by atoms with van der Waals surface area (Å²) in [6.07, 6.45) is 0. The van der Waals surface area contributed by atoms with Crippen LogP contribution in [0.3, 0.4) is 0 Å². The molecule has 0 radical (unpaired) electrons. The van der Waals surface area contributed by atoms with Crippen LogP contribution in [0, 0.1) is 0 Å². The van der Waals surface area contributed by atoms with Gasteiger partial charge in [-0.05, 0) is 10.1 Å². The fourth-order valence-electron chi connectivity index (χ4n) is 2.17. The van der Waals surface area contributed by atoms with Crippen molar-refractivity contribution < 1.29 is 0 Å². The summed E-state index contributed by atoms with van der Waals surface area (Å²) >= 11 is 0. The van der Waals surface area contributed by atoms with Gasteiger partial charge in [-0.25, -0.2) is 0 Å². The molecule has 19 heavy (non-hydrogen) atoms. The summed E-state index contributed by atoms with van der Waals surface area (Å²) in [5, 5.41) is 2.24. The summed E-state index contributed by atoms with van der Waals surface area (Å²) in [6, 6.07) is 0. The molecule has 0 N–H and O–H groups in total. The standard InChI is InChI=1S/C15H37NSi3/c1-13(17)12-16(18(8,9)14(2,3)4)19(10,11)15(5,6)7/h1,12H2,2-11,17H3. The van der Waals surface area contributed by atoms with E-state index >= 15 is 0 Å². The molecule has 0 rings (SSSR count). The molecule has 0 amide bonds. The third-order valence-electron chi connectivity index (χ3n) is 5.45. The van der Waals surface area contributed by atoms with Crippen molar-refractivity contribution in [2.75, 3.05) is 6.54 Å². The zero-order valence-electron chi connectivity index (χ0n) is 15.4. The highest BCUT2D eigenvalue weighted by molar-refractivity contribution is 6.93. The first-order valence-electron chi connectivity index (χ1n) is 7.47. The van der Waals surface area contributed by atoms with Crippen LogP contribution >= 0.6 is 0 Å². The lowest BCUT2D eigenvalue weighted by atomic mass is 10.2. The van der Waals surface area contributed by atoms with Crippen molar-refractivity contribution in [2.24, 2.45) is 0 Å². The molecule has 0 fully saturated rings. The van der Waals surface area contributed by atoms with E-state index in [1.807, 2.05) is 0 Å². The van der Waals surface area contributed by atoms with E-state index < -0.39 is 16.5 Å². The number of rotatable bonds is 4. The van der Waals surface area contributed by atoms with Gasteiger partial charge in [0, 0.05) is 16.8 Å². The first-order chi connectivity index (χ1) is 8.05. The van der Waals surface area contributed by atoms with Gasteiger partial charge in [0.15, 0.2) is 0 Å². The average Bonchev–Trinajstić information content (AvgIpc) is 2.09. The summed E-state index contributed by atoms with van der Waals surface area (Å²) in [4.78, 5) is 0. The molecule has 0 aromatic heterocycles. The maximum atomic E-state index is 4.25. The molecule has 0 heterocycles.